The number of methoxy groups -OCH3 is 1. The third-order valence-electron chi connectivity index (χ3n) is 5.21. The molecule has 9 nitrogen and oxygen atoms in total. The van der Waals surface area contributed by atoms with E-state index in [2.05, 4.69) is 15.5 Å². The molecule has 1 aliphatic rings. The molecule has 2 N–H and O–H groups in total. The summed E-state index contributed by atoms with van der Waals surface area (Å²) >= 11 is 0. The van der Waals surface area contributed by atoms with Crippen LogP contribution in [0.3, 0.4) is 0 Å². The van der Waals surface area contributed by atoms with Crippen LogP contribution in [0, 0.1) is 0 Å². The maximum atomic E-state index is 13.4. The lowest BCUT2D eigenvalue weighted by Crippen LogP contribution is -2.25. The largest absolute Gasteiger partial charge is 0.495 e. The monoisotopic (exact) mass is 460 g/mol. The number of anilines is 3. The molecule has 1 fully saturated rings. The Kier molecular flexibility index (Phi) is 7.05. The predicted molar refractivity (Wildman–Crippen MR) is 124 cm³/mol. The van der Waals surface area contributed by atoms with Crippen LogP contribution in [0.5, 0.6) is 5.75 Å². The summed E-state index contributed by atoms with van der Waals surface area (Å²) in [6.07, 6.45) is 2.01. The van der Waals surface area contributed by atoms with Crippen molar-refractivity contribution in [2.75, 3.05) is 49.8 Å². The molecule has 1 saturated heterocycles. The molecule has 0 aliphatic carbocycles. The van der Waals surface area contributed by atoms with Gasteiger partial charge in [0, 0.05) is 45.5 Å². The Morgan fingerprint density at radius 1 is 1.03 bits per heavy atom. The standard InChI is InChI=1S/C22H28N4O5S/c1-15(27)23-16-7-10-21(31-4)19(13-16)24-22(28)18-14-17(32(29,30)25(2)3)8-9-20(18)26-11-5-6-12-26/h7-10,13-14H,5-6,11-12H2,1-4H3,(H,23,27)(H,24,28). The SMILES string of the molecule is COc1ccc(NC(C)=O)cc1NC(=O)c1cc(S(=O)(=O)N(C)C)ccc1N1CCCC1. The molecule has 0 radical (unpaired) electrons. The van der Waals surface area contributed by atoms with Crippen molar-refractivity contribution >= 4 is 38.9 Å². The maximum Gasteiger partial charge on any atom is 0.257 e. The van der Waals surface area contributed by atoms with Crippen molar-refractivity contribution in [3.63, 3.8) is 0 Å². The summed E-state index contributed by atoms with van der Waals surface area (Å²) in [5.41, 5.74) is 1.78. The van der Waals surface area contributed by atoms with Crippen LogP contribution in [0.15, 0.2) is 41.3 Å². The zero-order chi connectivity index (χ0) is 23.5. The summed E-state index contributed by atoms with van der Waals surface area (Å²) in [5.74, 6) is -0.307. The van der Waals surface area contributed by atoms with Gasteiger partial charge in [-0.05, 0) is 49.2 Å². The highest BCUT2D eigenvalue weighted by Gasteiger charge is 2.25. The van der Waals surface area contributed by atoms with Gasteiger partial charge in [0.1, 0.15) is 5.75 Å². The number of amides is 2. The van der Waals surface area contributed by atoms with Crippen LogP contribution in [0.1, 0.15) is 30.1 Å². The number of hydrogen-bond acceptors (Lipinski definition) is 6. The summed E-state index contributed by atoms with van der Waals surface area (Å²) in [5, 5.41) is 5.48. The Balaban J connectivity index is 2.03. The zero-order valence-electron chi connectivity index (χ0n) is 18.6. The number of carbonyl (C=O) groups excluding carboxylic acids is 2. The number of nitrogens with zero attached hydrogens (tertiary/aromatic N) is 2. The first-order valence-corrected chi connectivity index (χ1v) is 11.7. The fourth-order valence-corrected chi connectivity index (χ4v) is 4.51. The molecule has 0 saturated carbocycles. The minimum absolute atomic E-state index is 0.0366. The summed E-state index contributed by atoms with van der Waals surface area (Å²) in [6.45, 7) is 2.98. The van der Waals surface area contributed by atoms with Gasteiger partial charge in [-0.3, -0.25) is 9.59 Å². The topological polar surface area (TPSA) is 108 Å². The van der Waals surface area contributed by atoms with Gasteiger partial charge in [0.25, 0.3) is 5.91 Å². The number of sulfonamides is 1. The number of ether oxygens (including phenoxy) is 1. The molecular formula is C22H28N4O5S. The molecule has 2 aromatic rings. The lowest BCUT2D eigenvalue weighted by molar-refractivity contribution is -0.114. The quantitative estimate of drug-likeness (QED) is 0.658. The number of nitrogens with one attached hydrogen (secondary N) is 2. The minimum atomic E-state index is -3.72. The van der Waals surface area contributed by atoms with Gasteiger partial charge in [-0.2, -0.15) is 0 Å². The van der Waals surface area contributed by atoms with Gasteiger partial charge in [-0.25, -0.2) is 12.7 Å². The molecule has 2 aromatic carbocycles. The van der Waals surface area contributed by atoms with Crippen molar-refractivity contribution in [3.05, 3.63) is 42.0 Å². The number of carbonyl (C=O) groups is 2. The number of hydrogen-bond donors (Lipinski definition) is 2. The molecule has 32 heavy (non-hydrogen) atoms. The number of benzene rings is 2. The average Bonchev–Trinajstić information content (AvgIpc) is 3.27. The molecule has 0 spiro atoms. The second-order valence-electron chi connectivity index (χ2n) is 7.71. The van der Waals surface area contributed by atoms with Crippen LogP contribution in [-0.4, -0.2) is 58.8 Å². The van der Waals surface area contributed by atoms with E-state index < -0.39 is 15.9 Å². The van der Waals surface area contributed by atoms with Crippen LogP contribution >= 0.6 is 0 Å². The Morgan fingerprint density at radius 2 is 1.72 bits per heavy atom. The first-order chi connectivity index (χ1) is 15.1. The van der Waals surface area contributed by atoms with Crippen molar-refractivity contribution in [3.8, 4) is 5.75 Å². The molecule has 1 aliphatic heterocycles. The van der Waals surface area contributed by atoms with Crippen LogP contribution in [0.2, 0.25) is 0 Å². The van der Waals surface area contributed by atoms with Crippen molar-refractivity contribution in [1.82, 2.24) is 4.31 Å². The third-order valence-corrected chi connectivity index (χ3v) is 7.02. The van der Waals surface area contributed by atoms with E-state index in [1.54, 1.807) is 24.3 Å². The fourth-order valence-electron chi connectivity index (χ4n) is 3.58. The molecule has 1 heterocycles. The Labute approximate surface area is 188 Å². The Bertz CT molecular complexity index is 1130. The van der Waals surface area contributed by atoms with E-state index in [-0.39, 0.29) is 16.4 Å². The van der Waals surface area contributed by atoms with Gasteiger partial charge in [0.15, 0.2) is 0 Å². The molecule has 0 bridgehead atoms. The van der Waals surface area contributed by atoms with Gasteiger partial charge in [0.2, 0.25) is 15.9 Å². The lowest BCUT2D eigenvalue weighted by atomic mass is 10.1. The van der Waals surface area contributed by atoms with Crippen molar-refractivity contribution in [1.29, 1.82) is 0 Å². The van der Waals surface area contributed by atoms with Crippen LogP contribution in [0.4, 0.5) is 17.1 Å². The van der Waals surface area contributed by atoms with Gasteiger partial charge >= 0.3 is 0 Å². The van der Waals surface area contributed by atoms with Crippen molar-refractivity contribution < 1.29 is 22.7 Å². The fraction of sp³-hybridized carbons (Fsp3) is 0.364. The molecule has 2 amide bonds. The highest BCUT2D eigenvalue weighted by atomic mass is 32.2. The Morgan fingerprint density at radius 3 is 2.31 bits per heavy atom. The Hall–Kier alpha value is -3.11. The highest BCUT2D eigenvalue weighted by Crippen LogP contribution is 2.32. The van der Waals surface area contributed by atoms with Crippen molar-refractivity contribution in [2.45, 2.75) is 24.7 Å². The summed E-state index contributed by atoms with van der Waals surface area (Å²) in [6, 6.07) is 9.50. The molecule has 0 atom stereocenters. The van der Waals surface area contributed by atoms with E-state index in [0.717, 1.165) is 30.2 Å². The van der Waals surface area contributed by atoms with E-state index in [9.17, 15) is 18.0 Å². The second kappa shape index (κ2) is 9.58. The molecule has 172 valence electrons. The molecule has 3 rings (SSSR count). The summed E-state index contributed by atoms with van der Waals surface area (Å²) < 4.78 is 31.8. The molecule has 0 aromatic heterocycles. The van der Waals surface area contributed by atoms with Gasteiger partial charge in [-0.15, -0.1) is 0 Å². The second-order valence-corrected chi connectivity index (χ2v) is 9.86. The molecule has 10 heteroatoms. The molecule has 0 unspecified atom stereocenters. The molecular weight excluding hydrogens is 432 g/mol. The predicted octanol–water partition coefficient (Wildman–Crippen LogP) is 2.76. The minimum Gasteiger partial charge on any atom is -0.495 e. The van der Waals surface area contributed by atoms with Crippen molar-refractivity contribution in [2.24, 2.45) is 0 Å². The van der Waals surface area contributed by atoms with Crippen LogP contribution in [-0.2, 0) is 14.8 Å². The summed E-state index contributed by atoms with van der Waals surface area (Å²) in [7, 11) is 0.651. The van der Waals surface area contributed by atoms with E-state index in [1.807, 2.05) is 0 Å². The zero-order valence-corrected chi connectivity index (χ0v) is 19.5. The first kappa shape index (κ1) is 23.6. The normalized spacial score (nSPS) is 13.8. The lowest BCUT2D eigenvalue weighted by Gasteiger charge is -2.22. The highest BCUT2D eigenvalue weighted by molar-refractivity contribution is 7.89. The van der Waals surface area contributed by atoms with E-state index in [1.165, 1.54) is 40.3 Å². The van der Waals surface area contributed by atoms with Crippen LogP contribution in [0.25, 0.3) is 0 Å². The van der Waals surface area contributed by atoms with Gasteiger partial charge in [0.05, 0.1) is 23.3 Å². The van der Waals surface area contributed by atoms with E-state index in [4.69, 9.17) is 4.74 Å². The van der Waals surface area contributed by atoms with Gasteiger partial charge in [-0.1, -0.05) is 0 Å². The first-order valence-electron chi connectivity index (χ1n) is 10.2. The maximum absolute atomic E-state index is 13.4. The van der Waals surface area contributed by atoms with E-state index in [0.29, 0.717) is 22.8 Å². The van der Waals surface area contributed by atoms with E-state index >= 15 is 0 Å². The van der Waals surface area contributed by atoms with Gasteiger partial charge < -0.3 is 20.3 Å². The van der Waals surface area contributed by atoms with Crippen LogP contribution < -0.4 is 20.3 Å². The average molecular weight is 461 g/mol. The number of rotatable bonds is 7. The summed E-state index contributed by atoms with van der Waals surface area (Å²) in [4.78, 5) is 26.9. The third kappa shape index (κ3) is 5.03. The smallest absolute Gasteiger partial charge is 0.257 e.